The van der Waals surface area contributed by atoms with Crippen LogP contribution in [0.3, 0.4) is 0 Å². The molecule has 7 heteroatoms. The molecule has 5 nitrogen and oxygen atoms in total. The fourth-order valence-electron chi connectivity index (χ4n) is 3.37. The largest absolute Gasteiger partial charge is 0.379 e. The van der Waals surface area contributed by atoms with Crippen molar-refractivity contribution in [1.29, 1.82) is 0 Å². The maximum Gasteiger partial charge on any atom is 0.319 e. The number of para-hydroxylation sites is 1. The molecule has 2 heterocycles. The molecule has 0 atom stereocenters. The number of anilines is 1. The molecule has 2 amide bonds. The molecule has 0 unspecified atom stereocenters. The predicted octanol–water partition coefficient (Wildman–Crippen LogP) is 3.06. The highest BCUT2D eigenvalue weighted by Crippen LogP contribution is 2.32. The number of thioether (sulfide) groups is 1. The first-order chi connectivity index (χ1) is 11.7. The molecule has 0 radical (unpaired) electrons. The van der Waals surface area contributed by atoms with Gasteiger partial charge in [0.05, 0.1) is 23.9 Å². The Morgan fingerprint density at radius 3 is 2.67 bits per heavy atom. The van der Waals surface area contributed by atoms with Crippen molar-refractivity contribution >= 4 is 35.1 Å². The second-order valence-electron chi connectivity index (χ2n) is 6.22. The van der Waals surface area contributed by atoms with Crippen molar-refractivity contribution in [3.05, 3.63) is 29.3 Å². The van der Waals surface area contributed by atoms with Crippen LogP contribution in [-0.2, 0) is 4.74 Å². The highest BCUT2D eigenvalue weighted by molar-refractivity contribution is 7.99. The van der Waals surface area contributed by atoms with Gasteiger partial charge in [0.15, 0.2) is 0 Å². The van der Waals surface area contributed by atoms with E-state index in [1.165, 1.54) is 0 Å². The molecule has 3 rings (SSSR count). The van der Waals surface area contributed by atoms with Crippen LogP contribution in [0, 0.1) is 0 Å². The zero-order valence-corrected chi connectivity index (χ0v) is 15.3. The summed E-state index contributed by atoms with van der Waals surface area (Å²) in [5, 5.41) is 6.45. The highest BCUT2D eigenvalue weighted by atomic mass is 35.5. The first-order valence-electron chi connectivity index (χ1n) is 8.40. The molecule has 0 spiro atoms. The number of nitrogens with one attached hydrogen (secondary N) is 2. The Bertz CT molecular complexity index is 561. The van der Waals surface area contributed by atoms with E-state index in [9.17, 15) is 4.79 Å². The van der Waals surface area contributed by atoms with Gasteiger partial charge in [-0.3, -0.25) is 4.90 Å². The minimum atomic E-state index is -0.200. The molecule has 2 N–H and O–H groups in total. The molecular weight excluding hydrogens is 346 g/mol. The number of halogens is 1. The van der Waals surface area contributed by atoms with E-state index in [1.807, 2.05) is 23.9 Å². The molecule has 2 aliphatic rings. The number of nitrogens with zero attached hydrogens (tertiary/aromatic N) is 1. The van der Waals surface area contributed by atoms with E-state index in [0.717, 1.165) is 50.7 Å². The smallest absolute Gasteiger partial charge is 0.319 e. The summed E-state index contributed by atoms with van der Waals surface area (Å²) < 4.78 is 5.49. The highest BCUT2D eigenvalue weighted by Gasteiger charge is 2.39. The van der Waals surface area contributed by atoms with Crippen LogP contribution < -0.4 is 10.6 Å². The summed E-state index contributed by atoms with van der Waals surface area (Å²) in [6.07, 6.45) is 2.20. The van der Waals surface area contributed by atoms with Gasteiger partial charge in [0.25, 0.3) is 0 Å². The lowest BCUT2D eigenvalue weighted by atomic mass is 9.89. The molecular formula is C17H24ClN3O2S. The van der Waals surface area contributed by atoms with Gasteiger partial charge in [-0.05, 0) is 36.5 Å². The molecule has 1 aromatic carbocycles. The van der Waals surface area contributed by atoms with Crippen LogP contribution in [0.2, 0.25) is 5.02 Å². The molecule has 2 saturated heterocycles. The molecule has 2 fully saturated rings. The average Bonchev–Trinajstić information content (AvgIpc) is 2.63. The second-order valence-corrected chi connectivity index (χ2v) is 7.86. The van der Waals surface area contributed by atoms with E-state index in [1.54, 1.807) is 12.1 Å². The monoisotopic (exact) mass is 369 g/mol. The van der Waals surface area contributed by atoms with Crippen molar-refractivity contribution in [2.75, 3.05) is 49.7 Å². The van der Waals surface area contributed by atoms with Crippen molar-refractivity contribution < 1.29 is 9.53 Å². The summed E-state index contributed by atoms with van der Waals surface area (Å²) in [5.74, 6) is 2.29. The summed E-state index contributed by atoms with van der Waals surface area (Å²) >= 11 is 8.10. The summed E-state index contributed by atoms with van der Waals surface area (Å²) in [7, 11) is 0. The van der Waals surface area contributed by atoms with Crippen molar-refractivity contribution in [1.82, 2.24) is 10.2 Å². The van der Waals surface area contributed by atoms with Crippen LogP contribution >= 0.6 is 23.4 Å². The van der Waals surface area contributed by atoms with Gasteiger partial charge in [-0.2, -0.15) is 11.8 Å². The average molecular weight is 370 g/mol. The fraction of sp³-hybridized carbons (Fsp3) is 0.588. The Balaban J connectivity index is 1.60. The van der Waals surface area contributed by atoms with Gasteiger partial charge < -0.3 is 15.4 Å². The molecule has 0 bridgehead atoms. The van der Waals surface area contributed by atoms with Crippen LogP contribution in [0.5, 0.6) is 0 Å². The first-order valence-corrected chi connectivity index (χ1v) is 9.93. The van der Waals surface area contributed by atoms with Gasteiger partial charge in [0, 0.05) is 25.2 Å². The summed E-state index contributed by atoms with van der Waals surface area (Å²) in [6, 6.07) is 7.07. The van der Waals surface area contributed by atoms with Gasteiger partial charge in [0.1, 0.15) is 0 Å². The molecule has 0 aromatic heterocycles. The Kier molecular flexibility index (Phi) is 6.27. The van der Waals surface area contributed by atoms with Crippen molar-refractivity contribution in [2.45, 2.75) is 18.4 Å². The maximum atomic E-state index is 12.3. The SMILES string of the molecule is O=C(NCC1(N2CCOCC2)CCSCC1)Nc1ccccc1Cl. The lowest BCUT2D eigenvalue weighted by Gasteiger charge is -2.48. The van der Waals surface area contributed by atoms with E-state index in [2.05, 4.69) is 15.5 Å². The van der Waals surface area contributed by atoms with Crippen LogP contribution in [-0.4, -0.2) is 60.8 Å². The number of carbonyl (C=O) groups is 1. The third kappa shape index (κ3) is 4.36. The van der Waals surface area contributed by atoms with Crippen molar-refractivity contribution in [3.8, 4) is 0 Å². The van der Waals surface area contributed by atoms with E-state index < -0.39 is 0 Å². The Morgan fingerprint density at radius 1 is 1.25 bits per heavy atom. The quantitative estimate of drug-likeness (QED) is 0.856. The second kappa shape index (κ2) is 8.43. The molecule has 2 aliphatic heterocycles. The van der Waals surface area contributed by atoms with Gasteiger partial charge in [0.2, 0.25) is 0 Å². The Morgan fingerprint density at radius 2 is 1.96 bits per heavy atom. The molecule has 24 heavy (non-hydrogen) atoms. The number of hydrogen-bond acceptors (Lipinski definition) is 4. The number of amides is 2. The predicted molar refractivity (Wildman–Crippen MR) is 100 cm³/mol. The van der Waals surface area contributed by atoms with Gasteiger partial charge in [-0.1, -0.05) is 23.7 Å². The topological polar surface area (TPSA) is 53.6 Å². The lowest BCUT2D eigenvalue weighted by Crippen LogP contribution is -2.60. The Hall–Kier alpha value is -0.950. The van der Waals surface area contributed by atoms with Gasteiger partial charge in [-0.15, -0.1) is 0 Å². The lowest BCUT2D eigenvalue weighted by molar-refractivity contribution is -0.0249. The number of urea groups is 1. The first kappa shape index (κ1) is 17.9. The van der Waals surface area contributed by atoms with Crippen LogP contribution in [0.4, 0.5) is 10.5 Å². The van der Waals surface area contributed by atoms with Crippen LogP contribution in [0.25, 0.3) is 0 Å². The normalized spacial score (nSPS) is 21.2. The number of hydrogen-bond donors (Lipinski definition) is 2. The summed E-state index contributed by atoms with van der Waals surface area (Å²) in [5.41, 5.74) is 0.684. The molecule has 132 valence electrons. The fourth-order valence-corrected chi connectivity index (χ4v) is 4.80. The van der Waals surface area contributed by atoms with E-state index in [4.69, 9.17) is 16.3 Å². The third-order valence-corrected chi connectivity index (χ3v) is 6.12. The number of ether oxygens (including phenoxy) is 1. The third-order valence-electron chi connectivity index (χ3n) is 4.81. The number of benzene rings is 1. The zero-order chi connectivity index (χ0) is 16.8. The Labute approximate surface area is 152 Å². The molecule has 0 saturated carbocycles. The van der Waals surface area contributed by atoms with E-state index in [0.29, 0.717) is 17.3 Å². The van der Waals surface area contributed by atoms with Crippen molar-refractivity contribution in [3.63, 3.8) is 0 Å². The summed E-state index contributed by atoms with van der Waals surface area (Å²) in [4.78, 5) is 14.8. The molecule has 0 aliphatic carbocycles. The minimum absolute atomic E-state index is 0.0485. The number of rotatable bonds is 4. The van der Waals surface area contributed by atoms with Crippen LogP contribution in [0.15, 0.2) is 24.3 Å². The summed E-state index contributed by atoms with van der Waals surface area (Å²) in [6.45, 7) is 4.10. The van der Waals surface area contributed by atoms with Crippen molar-refractivity contribution in [2.24, 2.45) is 0 Å². The standard InChI is InChI=1S/C17H24ClN3O2S/c18-14-3-1-2-4-15(14)20-16(22)19-13-17(5-11-24-12-6-17)21-7-9-23-10-8-21/h1-4H,5-13H2,(H2,19,20,22). The maximum absolute atomic E-state index is 12.3. The number of carbonyl (C=O) groups excluding carboxylic acids is 1. The van der Waals surface area contributed by atoms with E-state index in [-0.39, 0.29) is 11.6 Å². The van der Waals surface area contributed by atoms with Crippen LogP contribution in [0.1, 0.15) is 12.8 Å². The minimum Gasteiger partial charge on any atom is -0.379 e. The van der Waals surface area contributed by atoms with E-state index >= 15 is 0 Å². The molecule has 1 aromatic rings. The number of morpholine rings is 1. The zero-order valence-electron chi connectivity index (χ0n) is 13.7. The van der Waals surface area contributed by atoms with Gasteiger partial charge in [-0.25, -0.2) is 4.79 Å². The van der Waals surface area contributed by atoms with Gasteiger partial charge >= 0.3 is 6.03 Å².